The maximum Gasteiger partial charge on any atom is 0.305 e. The molecule has 6 heteroatoms. The first-order chi connectivity index (χ1) is 32.5. The summed E-state index contributed by atoms with van der Waals surface area (Å²) in [5.74, 6) is -0.0364. The summed E-state index contributed by atoms with van der Waals surface area (Å²) in [6.07, 6.45) is 66.3. The Bertz CT molecular complexity index is 986. The summed E-state index contributed by atoms with van der Waals surface area (Å²) in [6, 6.07) is -0.544. The van der Waals surface area contributed by atoms with Crippen LogP contribution in [0.1, 0.15) is 335 Å². The molecular weight excluding hydrogens is 815 g/mol. The van der Waals surface area contributed by atoms with Crippen molar-refractivity contribution < 1.29 is 24.5 Å². The second kappa shape index (κ2) is 56.2. The first-order valence-corrected chi connectivity index (χ1v) is 29.9. The molecule has 2 atom stereocenters. The number of ether oxygens (including phenoxy) is 1. The van der Waals surface area contributed by atoms with E-state index in [1.807, 2.05) is 0 Å². The molecule has 2 unspecified atom stereocenters. The van der Waals surface area contributed by atoms with Crippen molar-refractivity contribution in [1.29, 1.82) is 0 Å². The standard InChI is InChI=1S/C60H117NO5/c1-3-5-7-9-11-13-15-17-19-25-28-32-36-40-44-48-52-58(63)57(56-62)61-59(64)53-49-45-41-37-33-29-26-22-20-21-23-27-31-35-39-43-47-51-55-66-60(65)54-50-46-42-38-34-30-24-18-16-14-12-10-8-6-4-2/h18,24,57-58,62-63H,3-17,19-23,25-56H2,1-2H3,(H,61,64)/b24-18-. The molecule has 0 bridgehead atoms. The molecule has 3 N–H and O–H groups in total. The number of allylic oxidation sites excluding steroid dienone is 2. The monoisotopic (exact) mass is 932 g/mol. The fourth-order valence-electron chi connectivity index (χ4n) is 9.46. The van der Waals surface area contributed by atoms with Gasteiger partial charge in [0, 0.05) is 12.8 Å². The van der Waals surface area contributed by atoms with E-state index in [0.29, 0.717) is 25.9 Å². The number of aliphatic hydroxyl groups is 2. The van der Waals surface area contributed by atoms with Gasteiger partial charge in [-0.1, -0.05) is 283 Å². The third kappa shape index (κ3) is 52.0. The number of hydrogen-bond donors (Lipinski definition) is 3. The van der Waals surface area contributed by atoms with Crippen molar-refractivity contribution in [3.63, 3.8) is 0 Å². The largest absolute Gasteiger partial charge is 0.466 e. The third-order valence-corrected chi connectivity index (χ3v) is 14.1. The minimum atomic E-state index is -0.666. The van der Waals surface area contributed by atoms with E-state index in [4.69, 9.17) is 4.74 Å². The highest BCUT2D eigenvalue weighted by molar-refractivity contribution is 5.76. The van der Waals surface area contributed by atoms with E-state index in [-0.39, 0.29) is 18.5 Å². The quantitative estimate of drug-likeness (QED) is 0.0321. The molecule has 1 amide bonds. The van der Waals surface area contributed by atoms with Gasteiger partial charge in [-0.3, -0.25) is 9.59 Å². The summed E-state index contributed by atoms with van der Waals surface area (Å²) < 4.78 is 5.48. The van der Waals surface area contributed by atoms with E-state index in [0.717, 1.165) is 44.9 Å². The van der Waals surface area contributed by atoms with Gasteiger partial charge in [0.15, 0.2) is 0 Å². The number of esters is 1. The van der Waals surface area contributed by atoms with Crippen LogP contribution in [0, 0.1) is 0 Å². The van der Waals surface area contributed by atoms with Gasteiger partial charge in [-0.05, 0) is 51.4 Å². The number of amides is 1. The number of hydrogen-bond acceptors (Lipinski definition) is 5. The highest BCUT2D eigenvalue weighted by Crippen LogP contribution is 2.18. The smallest absolute Gasteiger partial charge is 0.305 e. The Morgan fingerprint density at radius 1 is 0.409 bits per heavy atom. The number of aliphatic hydroxyl groups excluding tert-OH is 2. The molecule has 0 spiro atoms. The average Bonchev–Trinajstić information content (AvgIpc) is 3.32. The topological polar surface area (TPSA) is 95.9 Å². The lowest BCUT2D eigenvalue weighted by Crippen LogP contribution is -2.45. The lowest BCUT2D eigenvalue weighted by atomic mass is 10.0. The van der Waals surface area contributed by atoms with E-state index >= 15 is 0 Å². The number of carbonyl (C=O) groups is 2. The highest BCUT2D eigenvalue weighted by Gasteiger charge is 2.20. The molecule has 0 aliphatic rings. The summed E-state index contributed by atoms with van der Waals surface area (Å²) in [5.41, 5.74) is 0. The molecule has 0 radical (unpaired) electrons. The fourth-order valence-corrected chi connectivity index (χ4v) is 9.46. The van der Waals surface area contributed by atoms with Gasteiger partial charge in [-0.15, -0.1) is 0 Å². The lowest BCUT2D eigenvalue weighted by Gasteiger charge is -2.22. The summed E-state index contributed by atoms with van der Waals surface area (Å²) in [4.78, 5) is 24.5. The summed E-state index contributed by atoms with van der Waals surface area (Å²) >= 11 is 0. The zero-order valence-electron chi connectivity index (χ0n) is 44.7. The minimum absolute atomic E-state index is 0.000146. The molecule has 0 aromatic heterocycles. The Labute approximate surface area is 412 Å². The van der Waals surface area contributed by atoms with Gasteiger partial charge < -0.3 is 20.3 Å². The van der Waals surface area contributed by atoms with Gasteiger partial charge in [0.2, 0.25) is 5.91 Å². The Morgan fingerprint density at radius 2 is 0.712 bits per heavy atom. The number of rotatable bonds is 56. The predicted octanol–water partition coefficient (Wildman–Crippen LogP) is 18.5. The molecule has 0 saturated heterocycles. The second-order valence-electron chi connectivity index (χ2n) is 20.7. The zero-order valence-corrected chi connectivity index (χ0v) is 44.7. The molecule has 392 valence electrons. The maximum absolute atomic E-state index is 12.5. The van der Waals surface area contributed by atoms with Crippen molar-refractivity contribution in [1.82, 2.24) is 5.32 Å². The molecule has 0 heterocycles. The molecule has 0 aliphatic heterocycles. The maximum atomic E-state index is 12.5. The number of carbonyl (C=O) groups excluding carboxylic acids is 2. The summed E-state index contributed by atoms with van der Waals surface area (Å²) in [7, 11) is 0. The van der Waals surface area contributed by atoms with Gasteiger partial charge in [0.1, 0.15) is 0 Å². The summed E-state index contributed by atoms with van der Waals surface area (Å²) in [5, 5.41) is 23.3. The Hall–Kier alpha value is -1.40. The normalized spacial score (nSPS) is 12.6. The summed E-state index contributed by atoms with van der Waals surface area (Å²) in [6.45, 7) is 4.96. The van der Waals surface area contributed by atoms with Crippen molar-refractivity contribution in [2.24, 2.45) is 0 Å². The van der Waals surface area contributed by atoms with Crippen LogP contribution in [-0.2, 0) is 14.3 Å². The minimum Gasteiger partial charge on any atom is -0.466 e. The van der Waals surface area contributed by atoms with Crippen LogP contribution in [0.15, 0.2) is 12.2 Å². The van der Waals surface area contributed by atoms with Crippen molar-refractivity contribution in [2.75, 3.05) is 13.2 Å². The van der Waals surface area contributed by atoms with E-state index in [2.05, 4.69) is 31.3 Å². The van der Waals surface area contributed by atoms with Gasteiger partial charge >= 0.3 is 5.97 Å². The van der Waals surface area contributed by atoms with Gasteiger partial charge in [0.05, 0.1) is 25.4 Å². The van der Waals surface area contributed by atoms with Crippen LogP contribution >= 0.6 is 0 Å². The second-order valence-corrected chi connectivity index (χ2v) is 20.7. The third-order valence-electron chi connectivity index (χ3n) is 14.1. The Kier molecular flexibility index (Phi) is 55.0. The molecular formula is C60H117NO5. The number of unbranched alkanes of at least 4 members (excludes halogenated alkanes) is 43. The Morgan fingerprint density at radius 3 is 1.08 bits per heavy atom. The van der Waals surface area contributed by atoms with Crippen LogP contribution in [0.2, 0.25) is 0 Å². The van der Waals surface area contributed by atoms with Crippen molar-refractivity contribution in [3.8, 4) is 0 Å². The van der Waals surface area contributed by atoms with Gasteiger partial charge in [-0.2, -0.15) is 0 Å². The zero-order chi connectivity index (χ0) is 47.9. The van der Waals surface area contributed by atoms with E-state index in [1.165, 1.54) is 257 Å². The lowest BCUT2D eigenvalue weighted by molar-refractivity contribution is -0.143. The van der Waals surface area contributed by atoms with Crippen molar-refractivity contribution >= 4 is 11.9 Å². The Balaban J connectivity index is 3.40. The number of nitrogens with one attached hydrogen (secondary N) is 1. The van der Waals surface area contributed by atoms with Crippen molar-refractivity contribution in [3.05, 3.63) is 12.2 Å². The van der Waals surface area contributed by atoms with E-state index < -0.39 is 12.1 Å². The van der Waals surface area contributed by atoms with Crippen LogP contribution in [0.5, 0.6) is 0 Å². The highest BCUT2D eigenvalue weighted by atomic mass is 16.5. The molecule has 66 heavy (non-hydrogen) atoms. The average molecular weight is 933 g/mol. The van der Waals surface area contributed by atoms with Gasteiger partial charge in [0.25, 0.3) is 0 Å². The van der Waals surface area contributed by atoms with Crippen LogP contribution in [0.3, 0.4) is 0 Å². The molecule has 0 aromatic carbocycles. The fraction of sp³-hybridized carbons (Fsp3) is 0.933. The molecule has 0 fully saturated rings. The molecule has 0 saturated carbocycles. The molecule has 6 nitrogen and oxygen atoms in total. The predicted molar refractivity (Wildman–Crippen MR) is 287 cm³/mol. The van der Waals surface area contributed by atoms with Crippen LogP contribution in [0.4, 0.5) is 0 Å². The van der Waals surface area contributed by atoms with Crippen LogP contribution in [-0.4, -0.2) is 47.4 Å². The molecule has 0 aliphatic carbocycles. The molecule has 0 aromatic rings. The van der Waals surface area contributed by atoms with Crippen molar-refractivity contribution in [2.45, 2.75) is 347 Å². The van der Waals surface area contributed by atoms with Gasteiger partial charge in [-0.25, -0.2) is 0 Å². The first kappa shape index (κ1) is 64.6. The van der Waals surface area contributed by atoms with Crippen LogP contribution < -0.4 is 5.32 Å². The molecule has 0 rings (SSSR count). The van der Waals surface area contributed by atoms with E-state index in [9.17, 15) is 19.8 Å². The SMILES string of the molecule is CCCCCCCC/C=C\CCCCCCCC(=O)OCCCCCCCCCCCCCCCCCCCCC(=O)NC(CO)C(O)CCCCCCCCCCCCCCCCCC. The van der Waals surface area contributed by atoms with E-state index in [1.54, 1.807) is 0 Å². The van der Waals surface area contributed by atoms with Crippen LogP contribution in [0.25, 0.3) is 0 Å². The first-order valence-electron chi connectivity index (χ1n) is 29.9.